The lowest BCUT2D eigenvalue weighted by molar-refractivity contribution is -0.125. The van der Waals surface area contributed by atoms with E-state index in [-0.39, 0.29) is 12.0 Å². The second-order valence-electron chi connectivity index (χ2n) is 1.65. The summed E-state index contributed by atoms with van der Waals surface area (Å²) >= 11 is 0. The molecule has 0 spiro atoms. The van der Waals surface area contributed by atoms with Crippen molar-refractivity contribution in [2.75, 3.05) is 7.05 Å². The van der Waals surface area contributed by atoms with Gasteiger partial charge >= 0.3 is 0 Å². The van der Waals surface area contributed by atoms with Crippen LogP contribution < -0.4 is 10.6 Å². The average Bonchev–Trinajstić information content (AvgIpc) is 2.02. The highest BCUT2D eigenvalue weighted by atomic mass is 16.2. The fourth-order valence-corrected chi connectivity index (χ4v) is 0.395. The Labute approximate surface area is 63.5 Å². The van der Waals surface area contributed by atoms with Crippen LogP contribution in [0.5, 0.6) is 0 Å². The van der Waals surface area contributed by atoms with Crippen molar-refractivity contribution in [2.24, 2.45) is 0 Å². The quantitative estimate of drug-likeness (QED) is 0.227. The van der Waals surface area contributed by atoms with Gasteiger partial charge in [-0.2, -0.15) is 0 Å². The molecule has 0 aromatic carbocycles. The Hall–Kier alpha value is -1.65. The summed E-state index contributed by atoms with van der Waals surface area (Å²) in [5.74, 6) is -1.40. The Morgan fingerprint density at radius 2 is 1.91 bits per heavy atom. The molecule has 0 aliphatic rings. The van der Waals surface area contributed by atoms with E-state index in [0.717, 1.165) is 0 Å². The number of rotatable bonds is 3. The van der Waals surface area contributed by atoms with Crippen LogP contribution in [-0.4, -0.2) is 25.3 Å². The first-order valence-electron chi connectivity index (χ1n) is 2.79. The molecule has 5 heteroatoms. The molecule has 0 bridgehead atoms. The predicted molar refractivity (Wildman–Crippen MR) is 37.4 cm³/mol. The molecule has 60 valence electrons. The molecule has 0 aliphatic carbocycles. The predicted octanol–water partition coefficient (Wildman–Crippen LogP) is -1.44. The van der Waals surface area contributed by atoms with Gasteiger partial charge in [-0.25, -0.2) is 0 Å². The van der Waals surface area contributed by atoms with Crippen molar-refractivity contribution in [1.29, 1.82) is 0 Å². The summed E-state index contributed by atoms with van der Waals surface area (Å²) in [5.41, 5.74) is -0.292. The van der Waals surface area contributed by atoms with Crippen molar-refractivity contribution in [2.45, 2.75) is 0 Å². The Bertz CT molecular complexity index is 210. The van der Waals surface area contributed by atoms with E-state index in [9.17, 15) is 14.4 Å². The zero-order valence-electron chi connectivity index (χ0n) is 6.01. The molecule has 11 heavy (non-hydrogen) atoms. The highest BCUT2D eigenvalue weighted by molar-refractivity contribution is 6.19. The summed E-state index contributed by atoms with van der Waals surface area (Å²) in [7, 11) is 1.36. The lowest BCUT2D eigenvalue weighted by Gasteiger charge is -1.99. The van der Waals surface area contributed by atoms with Crippen LogP contribution in [0.4, 0.5) is 0 Å². The molecule has 2 N–H and O–H groups in total. The van der Waals surface area contributed by atoms with Crippen molar-refractivity contribution < 1.29 is 14.4 Å². The smallest absolute Gasteiger partial charge is 0.262 e. The number of carbonyl (C=O) groups excluding carboxylic acids is 3. The second kappa shape index (κ2) is 4.21. The first-order chi connectivity index (χ1) is 5.13. The highest BCUT2D eigenvalue weighted by Gasteiger charge is 2.12. The molecular weight excluding hydrogens is 148 g/mol. The summed E-state index contributed by atoms with van der Waals surface area (Å²) in [5, 5.41) is 3.97. The number of imide groups is 1. The molecule has 0 radical (unpaired) electrons. The average molecular weight is 156 g/mol. The minimum Gasteiger partial charge on any atom is -0.355 e. The van der Waals surface area contributed by atoms with Crippen molar-refractivity contribution in [1.82, 2.24) is 10.6 Å². The van der Waals surface area contributed by atoms with Gasteiger partial charge in [-0.1, -0.05) is 6.58 Å². The SMILES string of the molecule is C=C(C(=O)NC)C(=O)NC=O. The van der Waals surface area contributed by atoms with Gasteiger partial charge in [-0.15, -0.1) is 0 Å². The van der Waals surface area contributed by atoms with E-state index in [1.807, 2.05) is 0 Å². The van der Waals surface area contributed by atoms with E-state index >= 15 is 0 Å². The maximum atomic E-state index is 10.6. The number of nitrogens with one attached hydrogen (secondary N) is 2. The van der Waals surface area contributed by atoms with Gasteiger partial charge in [0, 0.05) is 7.05 Å². The van der Waals surface area contributed by atoms with Crippen LogP contribution in [0.15, 0.2) is 12.2 Å². The van der Waals surface area contributed by atoms with Gasteiger partial charge in [0.2, 0.25) is 6.41 Å². The van der Waals surface area contributed by atoms with Crippen LogP contribution in [0.1, 0.15) is 0 Å². The standard InChI is InChI=1S/C6H8N2O3/c1-4(5(10)7-2)6(11)8-3-9/h3H,1H2,2H3,(H,7,10)(H,8,9,11). The molecule has 0 saturated heterocycles. The molecule has 0 saturated carbocycles. The van der Waals surface area contributed by atoms with Crippen molar-refractivity contribution in [3.63, 3.8) is 0 Å². The monoisotopic (exact) mass is 156 g/mol. The first kappa shape index (κ1) is 9.35. The summed E-state index contributed by atoms with van der Waals surface area (Å²) in [4.78, 5) is 31.0. The zero-order valence-corrected chi connectivity index (χ0v) is 6.01. The Morgan fingerprint density at radius 3 is 2.27 bits per heavy atom. The molecule has 0 aliphatic heterocycles. The third-order valence-corrected chi connectivity index (χ3v) is 0.965. The summed E-state index contributed by atoms with van der Waals surface area (Å²) in [6.45, 7) is 3.16. The van der Waals surface area contributed by atoms with Gasteiger partial charge < -0.3 is 5.32 Å². The topological polar surface area (TPSA) is 75.3 Å². The van der Waals surface area contributed by atoms with Crippen LogP contribution in [0.2, 0.25) is 0 Å². The number of amides is 3. The maximum absolute atomic E-state index is 10.6. The fraction of sp³-hybridized carbons (Fsp3) is 0.167. The lowest BCUT2D eigenvalue weighted by Crippen LogP contribution is -2.31. The molecule has 0 heterocycles. The molecular formula is C6H8N2O3. The normalized spacial score (nSPS) is 8.09. The van der Waals surface area contributed by atoms with Crippen LogP contribution in [0.25, 0.3) is 0 Å². The van der Waals surface area contributed by atoms with Gasteiger partial charge in [0.1, 0.15) is 0 Å². The number of carbonyl (C=O) groups is 3. The van der Waals surface area contributed by atoms with E-state index in [0.29, 0.717) is 0 Å². The Kier molecular flexibility index (Phi) is 3.58. The lowest BCUT2D eigenvalue weighted by atomic mass is 10.3. The van der Waals surface area contributed by atoms with Crippen LogP contribution in [0.3, 0.4) is 0 Å². The van der Waals surface area contributed by atoms with Crippen molar-refractivity contribution >= 4 is 18.2 Å². The van der Waals surface area contributed by atoms with Gasteiger partial charge in [0.05, 0.1) is 5.57 Å². The molecule has 0 aromatic rings. The van der Waals surface area contributed by atoms with Crippen molar-refractivity contribution in [3.05, 3.63) is 12.2 Å². The third-order valence-electron chi connectivity index (χ3n) is 0.965. The number of likely N-dealkylation sites (N-methyl/N-ethyl adjacent to an activating group) is 1. The van der Waals surface area contributed by atoms with Gasteiger partial charge in [0.25, 0.3) is 11.8 Å². The van der Waals surface area contributed by atoms with Crippen LogP contribution in [-0.2, 0) is 14.4 Å². The number of hydrogen-bond acceptors (Lipinski definition) is 3. The van der Waals surface area contributed by atoms with E-state index in [1.54, 1.807) is 5.32 Å². The van der Waals surface area contributed by atoms with E-state index < -0.39 is 11.8 Å². The largest absolute Gasteiger partial charge is 0.355 e. The van der Waals surface area contributed by atoms with E-state index in [4.69, 9.17) is 0 Å². The highest BCUT2D eigenvalue weighted by Crippen LogP contribution is 1.87. The zero-order chi connectivity index (χ0) is 8.85. The Morgan fingerprint density at radius 1 is 1.36 bits per heavy atom. The van der Waals surface area contributed by atoms with Gasteiger partial charge in [-0.3, -0.25) is 19.7 Å². The summed E-state index contributed by atoms with van der Waals surface area (Å²) in [6, 6.07) is 0. The maximum Gasteiger partial charge on any atom is 0.262 e. The minimum absolute atomic E-state index is 0.191. The molecule has 0 fully saturated rings. The van der Waals surface area contributed by atoms with Crippen molar-refractivity contribution in [3.8, 4) is 0 Å². The van der Waals surface area contributed by atoms with E-state index in [2.05, 4.69) is 11.9 Å². The molecule has 0 unspecified atom stereocenters. The summed E-state index contributed by atoms with van der Waals surface area (Å²) < 4.78 is 0. The van der Waals surface area contributed by atoms with E-state index in [1.165, 1.54) is 7.05 Å². The molecule has 0 rings (SSSR count). The van der Waals surface area contributed by atoms with Crippen LogP contribution in [0, 0.1) is 0 Å². The van der Waals surface area contributed by atoms with Gasteiger partial charge in [-0.05, 0) is 0 Å². The van der Waals surface area contributed by atoms with Gasteiger partial charge in [0.15, 0.2) is 0 Å². The summed E-state index contributed by atoms with van der Waals surface area (Å²) in [6.07, 6.45) is 0.191. The number of hydrogen-bond donors (Lipinski definition) is 2. The first-order valence-corrected chi connectivity index (χ1v) is 2.79. The third kappa shape index (κ3) is 2.61. The second-order valence-corrected chi connectivity index (χ2v) is 1.65. The molecule has 3 amide bonds. The fourth-order valence-electron chi connectivity index (χ4n) is 0.395. The van der Waals surface area contributed by atoms with Crippen LogP contribution >= 0.6 is 0 Å². The molecule has 0 aromatic heterocycles. The Balaban J connectivity index is 4.13. The minimum atomic E-state index is -0.792. The molecule has 5 nitrogen and oxygen atoms in total. The molecule has 0 atom stereocenters.